The number of hydrogen-bond acceptors (Lipinski definition) is 4. The molecule has 0 amide bonds. The molecule has 2 rings (SSSR count). The van der Waals surface area contributed by atoms with Crippen molar-refractivity contribution in [1.82, 2.24) is 15.1 Å². The summed E-state index contributed by atoms with van der Waals surface area (Å²) in [5, 5.41) is 7.80. The lowest BCUT2D eigenvalue weighted by Gasteiger charge is -2.24. The average Bonchev–Trinajstić information content (AvgIpc) is 2.95. The molecule has 0 aromatic carbocycles. The molecule has 3 atom stereocenters. The average molecular weight is 253 g/mol. The second-order valence-corrected chi connectivity index (χ2v) is 4.79. The Morgan fingerprint density at radius 3 is 3.17 bits per heavy atom. The van der Waals surface area contributed by atoms with E-state index < -0.39 is 0 Å². The van der Waals surface area contributed by atoms with E-state index in [1.165, 1.54) is 0 Å². The van der Waals surface area contributed by atoms with Gasteiger partial charge in [-0.3, -0.25) is 4.68 Å². The van der Waals surface area contributed by atoms with Crippen molar-refractivity contribution < 1.29 is 9.47 Å². The number of rotatable bonds is 6. The fourth-order valence-electron chi connectivity index (χ4n) is 2.42. The Bertz CT molecular complexity index is 367. The minimum Gasteiger partial charge on any atom is -0.380 e. The molecular formula is C13H23N3O2. The van der Waals surface area contributed by atoms with Crippen molar-refractivity contribution in [2.45, 2.75) is 38.5 Å². The van der Waals surface area contributed by atoms with Crippen LogP contribution in [0.15, 0.2) is 12.3 Å². The van der Waals surface area contributed by atoms with Gasteiger partial charge in [0.15, 0.2) is 0 Å². The van der Waals surface area contributed by atoms with Gasteiger partial charge in [-0.15, -0.1) is 0 Å². The van der Waals surface area contributed by atoms with Crippen LogP contribution in [0, 0.1) is 0 Å². The Labute approximate surface area is 108 Å². The van der Waals surface area contributed by atoms with E-state index in [4.69, 9.17) is 9.47 Å². The molecule has 0 radical (unpaired) electrons. The molecule has 2 heterocycles. The monoisotopic (exact) mass is 253 g/mol. The molecule has 0 spiro atoms. The van der Waals surface area contributed by atoms with Gasteiger partial charge in [0.2, 0.25) is 0 Å². The summed E-state index contributed by atoms with van der Waals surface area (Å²) in [7, 11) is 1.96. The van der Waals surface area contributed by atoms with Gasteiger partial charge < -0.3 is 14.8 Å². The second kappa shape index (κ2) is 6.31. The van der Waals surface area contributed by atoms with Gasteiger partial charge >= 0.3 is 0 Å². The Morgan fingerprint density at radius 2 is 2.50 bits per heavy atom. The van der Waals surface area contributed by atoms with Crippen molar-refractivity contribution in [3.05, 3.63) is 18.0 Å². The van der Waals surface area contributed by atoms with Crippen LogP contribution in [0.25, 0.3) is 0 Å². The maximum absolute atomic E-state index is 5.83. The second-order valence-electron chi connectivity index (χ2n) is 4.79. The Kier molecular flexibility index (Phi) is 4.74. The fourth-order valence-corrected chi connectivity index (χ4v) is 2.42. The fraction of sp³-hybridized carbons (Fsp3) is 0.769. The minimum atomic E-state index is 0.0987. The van der Waals surface area contributed by atoms with Gasteiger partial charge in [-0.2, -0.15) is 5.10 Å². The highest BCUT2D eigenvalue weighted by atomic mass is 16.5. The van der Waals surface area contributed by atoms with Crippen LogP contribution in [0.5, 0.6) is 0 Å². The van der Waals surface area contributed by atoms with E-state index in [1.807, 2.05) is 30.9 Å². The lowest BCUT2D eigenvalue weighted by Crippen LogP contribution is -2.41. The smallest absolute Gasteiger partial charge is 0.114 e. The highest BCUT2D eigenvalue weighted by molar-refractivity contribution is 5.09. The van der Waals surface area contributed by atoms with E-state index in [9.17, 15) is 0 Å². The topological polar surface area (TPSA) is 48.3 Å². The van der Waals surface area contributed by atoms with Crippen LogP contribution < -0.4 is 5.32 Å². The predicted octanol–water partition coefficient (Wildman–Crippen LogP) is 1.26. The van der Waals surface area contributed by atoms with Crippen molar-refractivity contribution >= 4 is 0 Å². The van der Waals surface area contributed by atoms with Crippen LogP contribution >= 0.6 is 0 Å². The van der Waals surface area contributed by atoms with Crippen molar-refractivity contribution in [2.24, 2.45) is 7.05 Å². The first kappa shape index (κ1) is 13.5. The molecule has 1 saturated heterocycles. The molecule has 1 fully saturated rings. The van der Waals surface area contributed by atoms with Gasteiger partial charge in [0.25, 0.3) is 0 Å². The van der Waals surface area contributed by atoms with Crippen LogP contribution in [0.1, 0.15) is 32.1 Å². The van der Waals surface area contributed by atoms with E-state index in [-0.39, 0.29) is 6.10 Å². The van der Waals surface area contributed by atoms with Crippen LogP contribution in [-0.2, 0) is 16.5 Å². The third-order valence-corrected chi connectivity index (χ3v) is 3.31. The molecule has 102 valence electrons. The normalized spacial score (nSPS) is 25.5. The predicted molar refractivity (Wildman–Crippen MR) is 69.4 cm³/mol. The quantitative estimate of drug-likeness (QED) is 0.829. The highest BCUT2D eigenvalue weighted by Crippen LogP contribution is 2.28. The Balaban J connectivity index is 1.94. The summed E-state index contributed by atoms with van der Waals surface area (Å²) in [6.45, 7) is 6.47. The van der Waals surface area contributed by atoms with Gasteiger partial charge in [-0.25, -0.2) is 0 Å². The number of aromatic nitrogens is 2. The zero-order valence-corrected chi connectivity index (χ0v) is 11.4. The molecule has 1 aromatic rings. The van der Waals surface area contributed by atoms with Crippen molar-refractivity contribution in [1.29, 1.82) is 0 Å². The van der Waals surface area contributed by atoms with Crippen LogP contribution in [0.2, 0.25) is 0 Å². The molecule has 0 bridgehead atoms. The lowest BCUT2D eigenvalue weighted by atomic mass is 10.1. The highest BCUT2D eigenvalue weighted by Gasteiger charge is 2.32. The van der Waals surface area contributed by atoms with Crippen molar-refractivity contribution in [3.8, 4) is 0 Å². The summed E-state index contributed by atoms with van der Waals surface area (Å²) in [5.41, 5.74) is 1.13. The van der Waals surface area contributed by atoms with Gasteiger partial charge in [0, 0.05) is 38.5 Å². The van der Waals surface area contributed by atoms with Crippen molar-refractivity contribution in [2.75, 3.05) is 19.8 Å². The number of hydrogen-bond donors (Lipinski definition) is 1. The molecule has 0 saturated carbocycles. The van der Waals surface area contributed by atoms with Gasteiger partial charge in [0.1, 0.15) is 6.10 Å². The molecule has 1 aliphatic heterocycles. The van der Waals surface area contributed by atoms with Crippen molar-refractivity contribution in [3.63, 3.8) is 0 Å². The lowest BCUT2D eigenvalue weighted by molar-refractivity contribution is 0.0810. The van der Waals surface area contributed by atoms with E-state index in [1.54, 1.807) is 0 Å². The summed E-state index contributed by atoms with van der Waals surface area (Å²) in [4.78, 5) is 0. The van der Waals surface area contributed by atoms with Crippen LogP contribution in [0.3, 0.4) is 0 Å². The van der Waals surface area contributed by atoms with Crippen LogP contribution in [-0.4, -0.2) is 41.7 Å². The maximum Gasteiger partial charge on any atom is 0.114 e. The molecule has 1 aromatic heterocycles. The molecule has 5 nitrogen and oxygen atoms in total. The zero-order chi connectivity index (χ0) is 13.0. The number of ether oxygens (including phenoxy) is 2. The number of nitrogens with zero attached hydrogens (tertiary/aromatic N) is 2. The van der Waals surface area contributed by atoms with Crippen LogP contribution in [0.4, 0.5) is 0 Å². The molecule has 5 heteroatoms. The molecule has 18 heavy (non-hydrogen) atoms. The standard InChI is InChI=1S/C13H23N3O2/c1-4-17-9-10(2)15-11-6-8-18-13(11)12-5-7-14-16(12)3/h5,7,10-11,13,15H,4,6,8-9H2,1-3H3/t10?,11-,13-/m0/s1. The number of aryl methyl sites for hydroxylation is 1. The third kappa shape index (κ3) is 3.10. The van der Waals surface area contributed by atoms with Gasteiger partial charge in [-0.05, 0) is 26.3 Å². The third-order valence-electron chi connectivity index (χ3n) is 3.31. The van der Waals surface area contributed by atoms with E-state index in [0.717, 1.165) is 31.9 Å². The Hall–Kier alpha value is -0.910. The first-order valence-electron chi connectivity index (χ1n) is 6.65. The first-order valence-corrected chi connectivity index (χ1v) is 6.65. The molecule has 0 aliphatic carbocycles. The van der Waals surface area contributed by atoms with E-state index in [2.05, 4.69) is 17.3 Å². The van der Waals surface area contributed by atoms with Gasteiger partial charge in [-0.1, -0.05) is 0 Å². The summed E-state index contributed by atoms with van der Waals surface area (Å²) >= 11 is 0. The number of nitrogens with one attached hydrogen (secondary N) is 1. The van der Waals surface area contributed by atoms with Gasteiger partial charge in [0.05, 0.1) is 12.3 Å². The largest absolute Gasteiger partial charge is 0.380 e. The summed E-state index contributed by atoms with van der Waals surface area (Å²) in [6, 6.07) is 2.71. The molecular weight excluding hydrogens is 230 g/mol. The molecule has 1 unspecified atom stereocenters. The first-order chi connectivity index (χ1) is 8.72. The summed E-state index contributed by atoms with van der Waals surface area (Å²) in [5.74, 6) is 0. The maximum atomic E-state index is 5.83. The minimum absolute atomic E-state index is 0.0987. The SMILES string of the molecule is CCOCC(C)N[C@H]1CCO[C@@H]1c1ccnn1C. The molecule has 1 N–H and O–H groups in total. The Morgan fingerprint density at radius 1 is 1.67 bits per heavy atom. The van der Waals surface area contributed by atoms with E-state index >= 15 is 0 Å². The molecule has 1 aliphatic rings. The summed E-state index contributed by atoms with van der Waals surface area (Å²) < 4.78 is 13.2. The van der Waals surface area contributed by atoms with E-state index in [0.29, 0.717) is 12.1 Å². The summed E-state index contributed by atoms with van der Waals surface area (Å²) in [6.07, 6.45) is 2.95. The zero-order valence-electron chi connectivity index (χ0n) is 11.4.